The van der Waals surface area contributed by atoms with E-state index in [2.05, 4.69) is 5.10 Å². The predicted molar refractivity (Wildman–Crippen MR) is 68.1 cm³/mol. The van der Waals surface area contributed by atoms with E-state index in [-0.39, 0.29) is 0 Å². The Morgan fingerprint density at radius 3 is 2.82 bits per heavy atom. The minimum Gasteiger partial charge on any atom is -0.489 e. The van der Waals surface area contributed by atoms with Crippen LogP contribution < -0.4 is 10.5 Å². The third-order valence-corrected chi connectivity index (χ3v) is 2.98. The van der Waals surface area contributed by atoms with E-state index in [0.717, 1.165) is 17.0 Å². The van der Waals surface area contributed by atoms with Crippen LogP contribution in [-0.2, 0) is 13.7 Å². The zero-order chi connectivity index (χ0) is 12.4. The fourth-order valence-electron chi connectivity index (χ4n) is 1.60. The molecule has 2 rings (SSSR count). The molecule has 0 radical (unpaired) electrons. The van der Waals surface area contributed by atoms with E-state index in [9.17, 15) is 0 Å². The van der Waals surface area contributed by atoms with Crippen molar-refractivity contribution in [1.29, 1.82) is 0 Å². The molecule has 0 amide bonds. The molecule has 0 saturated heterocycles. The molecule has 1 heterocycles. The van der Waals surface area contributed by atoms with Gasteiger partial charge in [0, 0.05) is 24.4 Å². The second-order valence-electron chi connectivity index (χ2n) is 3.84. The monoisotopic (exact) mass is 251 g/mol. The van der Waals surface area contributed by atoms with Gasteiger partial charge < -0.3 is 10.5 Å². The molecule has 0 aliphatic heterocycles. The van der Waals surface area contributed by atoms with Gasteiger partial charge in [0.15, 0.2) is 0 Å². The Morgan fingerprint density at radius 2 is 2.24 bits per heavy atom. The van der Waals surface area contributed by atoms with E-state index < -0.39 is 0 Å². The fraction of sp³-hybridized carbons (Fsp3) is 0.250. The number of anilines is 1. The molecule has 0 aliphatic rings. The van der Waals surface area contributed by atoms with Crippen molar-refractivity contribution in [2.75, 3.05) is 5.73 Å². The lowest BCUT2D eigenvalue weighted by Gasteiger charge is -2.06. The number of benzene rings is 1. The first-order chi connectivity index (χ1) is 8.08. The third kappa shape index (κ3) is 2.53. The summed E-state index contributed by atoms with van der Waals surface area (Å²) in [4.78, 5) is 0. The smallest absolute Gasteiger partial charge is 0.133 e. The maximum Gasteiger partial charge on any atom is 0.133 e. The van der Waals surface area contributed by atoms with Gasteiger partial charge in [-0.05, 0) is 19.1 Å². The Hall–Kier alpha value is -1.68. The first-order valence-corrected chi connectivity index (χ1v) is 5.62. The van der Waals surface area contributed by atoms with Crippen LogP contribution >= 0.6 is 11.6 Å². The van der Waals surface area contributed by atoms with Crippen molar-refractivity contribution in [3.05, 3.63) is 40.7 Å². The van der Waals surface area contributed by atoms with E-state index in [0.29, 0.717) is 17.4 Å². The molecule has 0 unspecified atom stereocenters. The van der Waals surface area contributed by atoms with Gasteiger partial charge in [0.05, 0.1) is 5.69 Å². The second-order valence-corrected chi connectivity index (χ2v) is 4.20. The van der Waals surface area contributed by atoms with Crippen LogP contribution in [-0.4, -0.2) is 9.78 Å². The molecule has 1 aromatic heterocycles. The molecule has 0 aliphatic carbocycles. The Labute approximate surface area is 105 Å². The molecule has 0 atom stereocenters. The maximum atomic E-state index is 6.11. The van der Waals surface area contributed by atoms with Gasteiger partial charge in [-0.1, -0.05) is 17.7 Å². The second kappa shape index (κ2) is 4.67. The van der Waals surface area contributed by atoms with Crippen LogP contribution in [0.1, 0.15) is 11.3 Å². The normalized spacial score (nSPS) is 10.5. The summed E-state index contributed by atoms with van der Waals surface area (Å²) in [7, 11) is 1.80. The summed E-state index contributed by atoms with van der Waals surface area (Å²) in [5.41, 5.74) is 8.12. The van der Waals surface area contributed by atoms with Crippen LogP contribution in [0.5, 0.6) is 5.75 Å². The third-order valence-electron chi connectivity index (χ3n) is 2.51. The van der Waals surface area contributed by atoms with Gasteiger partial charge in [-0.3, -0.25) is 4.68 Å². The Balaban J connectivity index is 2.12. The number of aryl methyl sites for hydroxylation is 2. The van der Waals surface area contributed by atoms with Crippen molar-refractivity contribution in [3.8, 4) is 5.75 Å². The van der Waals surface area contributed by atoms with E-state index in [1.165, 1.54) is 0 Å². The largest absolute Gasteiger partial charge is 0.489 e. The number of halogens is 1. The standard InChI is InChI=1S/C12H14ClN3O/c1-8-11(12(13)16(2)15-8)7-17-10-5-3-4-9(14)6-10/h3-6H,7,14H2,1-2H3. The average molecular weight is 252 g/mol. The summed E-state index contributed by atoms with van der Waals surface area (Å²) in [6, 6.07) is 7.30. The molecule has 4 nitrogen and oxygen atoms in total. The van der Waals surface area contributed by atoms with Crippen molar-refractivity contribution < 1.29 is 4.74 Å². The highest BCUT2D eigenvalue weighted by Crippen LogP contribution is 2.22. The van der Waals surface area contributed by atoms with Gasteiger partial charge in [-0.15, -0.1) is 0 Å². The van der Waals surface area contributed by atoms with Gasteiger partial charge in [0.1, 0.15) is 17.5 Å². The Morgan fingerprint density at radius 1 is 1.47 bits per heavy atom. The fourth-order valence-corrected chi connectivity index (χ4v) is 1.83. The summed E-state index contributed by atoms with van der Waals surface area (Å²) in [6.45, 7) is 2.30. The Bertz CT molecular complexity index is 537. The van der Waals surface area contributed by atoms with Crippen LogP contribution in [0.3, 0.4) is 0 Å². The summed E-state index contributed by atoms with van der Waals surface area (Å²) in [6.07, 6.45) is 0. The van der Waals surface area contributed by atoms with E-state index >= 15 is 0 Å². The van der Waals surface area contributed by atoms with Gasteiger partial charge in [-0.25, -0.2) is 0 Å². The van der Waals surface area contributed by atoms with Crippen molar-refractivity contribution in [2.24, 2.45) is 7.05 Å². The number of hydrogen-bond acceptors (Lipinski definition) is 3. The molecule has 1 aromatic carbocycles. The van der Waals surface area contributed by atoms with Crippen molar-refractivity contribution >= 4 is 17.3 Å². The number of nitrogens with two attached hydrogens (primary N) is 1. The first kappa shape index (κ1) is 11.8. The topological polar surface area (TPSA) is 53.1 Å². The molecule has 2 aromatic rings. The molecule has 17 heavy (non-hydrogen) atoms. The summed E-state index contributed by atoms with van der Waals surface area (Å²) in [5.74, 6) is 0.726. The van der Waals surface area contributed by atoms with E-state index in [1.54, 1.807) is 17.8 Å². The summed E-state index contributed by atoms with van der Waals surface area (Å²) < 4.78 is 7.26. The summed E-state index contributed by atoms with van der Waals surface area (Å²) in [5, 5.41) is 4.82. The SMILES string of the molecule is Cc1nn(C)c(Cl)c1COc1cccc(N)c1. The molecular formula is C12H14ClN3O. The molecule has 0 bridgehead atoms. The van der Waals surface area contributed by atoms with Crippen LogP contribution in [0, 0.1) is 6.92 Å². The number of nitrogen functional groups attached to an aromatic ring is 1. The lowest BCUT2D eigenvalue weighted by molar-refractivity contribution is 0.305. The zero-order valence-electron chi connectivity index (χ0n) is 9.77. The highest BCUT2D eigenvalue weighted by atomic mass is 35.5. The number of aromatic nitrogens is 2. The van der Waals surface area contributed by atoms with Gasteiger partial charge >= 0.3 is 0 Å². The first-order valence-electron chi connectivity index (χ1n) is 5.24. The number of nitrogens with zero attached hydrogens (tertiary/aromatic N) is 2. The van der Waals surface area contributed by atoms with Crippen LogP contribution in [0.4, 0.5) is 5.69 Å². The molecule has 0 fully saturated rings. The van der Waals surface area contributed by atoms with Crippen molar-refractivity contribution in [3.63, 3.8) is 0 Å². The van der Waals surface area contributed by atoms with Crippen molar-refractivity contribution in [1.82, 2.24) is 9.78 Å². The highest BCUT2D eigenvalue weighted by Gasteiger charge is 2.11. The predicted octanol–water partition coefficient (Wildman–Crippen LogP) is 2.54. The quantitative estimate of drug-likeness (QED) is 0.853. The molecule has 0 spiro atoms. The van der Waals surface area contributed by atoms with Gasteiger partial charge in [0.25, 0.3) is 0 Å². The minimum atomic E-state index is 0.391. The van der Waals surface area contributed by atoms with Crippen LogP contribution in [0.15, 0.2) is 24.3 Å². The van der Waals surface area contributed by atoms with Gasteiger partial charge in [0.2, 0.25) is 0 Å². The molecule has 2 N–H and O–H groups in total. The summed E-state index contributed by atoms with van der Waals surface area (Å²) >= 11 is 6.11. The minimum absolute atomic E-state index is 0.391. The average Bonchev–Trinajstić information content (AvgIpc) is 2.51. The molecule has 5 heteroatoms. The molecule has 0 saturated carbocycles. The van der Waals surface area contributed by atoms with E-state index in [4.69, 9.17) is 22.1 Å². The van der Waals surface area contributed by atoms with Crippen LogP contribution in [0.25, 0.3) is 0 Å². The lowest BCUT2D eigenvalue weighted by Crippen LogP contribution is -1.97. The Kier molecular flexibility index (Phi) is 3.24. The van der Waals surface area contributed by atoms with Crippen LogP contribution in [0.2, 0.25) is 5.15 Å². The number of hydrogen-bond donors (Lipinski definition) is 1. The number of ether oxygens (including phenoxy) is 1. The zero-order valence-corrected chi connectivity index (χ0v) is 10.5. The maximum absolute atomic E-state index is 6.11. The van der Waals surface area contributed by atoms with Gasteiger partial charge in [-0.2, -0.15) is 5.10 Å². The highest BCUT2D eigenvalue weighted by molar-refractivity contribution is 6.30. The molecular weight excluding hydrogens is 238 g/mol. The lowest BCUT2D eigenvalue weighted by atomic mass is 10.3. The van der Waals surface area contributed by atoms with Crippen molar-refractivity contribution in [2.45, 2.75) is 13.5 Å². The number of rotatable bonds is 3. The van der Waals surface area contributed by atoms with E-state index in [1.807, 2.05) is 25.1 Å². The molecule has 90 valence electrons.